The van der Waals surface area contributed by atoms with Gasteiger partial charge in [-0.2, -0.15) is 0 Å². The van der Waals surface area contributed by atoms with Crippen LogP contribution in [0.5, 0.6) is 0 Å². The summed E-state index contributed by atoms with van der Waals surface area (Å²) in [6.45, 7) is 3.34. The van der Waals surface area contributed by atoms with Crippen molar-refractivity contribution < 1.29 is 14.7 Å². The molecule has 1 aliphatic rings. The number of carbonyl (C=O) groups excluding carboxylic acids is 1. The SMILES string of the molecule is Cc1ccn2cnc(C(=O)N3CCC(CCC(=O)O)CC3)c2c1. The molecule has 1 amide bonds. The quantitative estimate of drug-likeness (QED) is 0.940. The number of hydrogen-bond donors (Lipinski definition) is 1. The van der Waals surface area contributed by atoms with Gasteiger partial charge >= 0.3 is 5.97 Å². The number of fused-ring (bicyclic) bond motifs is 1. The number of pyridine rings is 1. The first-order valence-electron chi connectivity index (χ1n) is 7.99. The number of aryl methyl sites for hydroxylation is 1. The van der Waals surface area contributed by atoms with E-state index in [0.717, 1.165) is 23.9 Å². The molecule has 6 heteroatoms. The average Bonchev–Trinajstić information content (AvgIpc) is 2.95. The Morgan fingerprint density at radius 3 is 2.78 bits per heavy atom. The summed E-state index contributed by atoms with van der Waals surface area (Å²) < 4.78 is 1.86. The first-order valence-corrected chi connectivity index (χ1v) is 7.99. The standard InChI is InChI=1S/C17H21N3O3/c1-12-4-7-20-11-18-16(14(20)10-12)17(23)19-8-5-13(6-9-19)2-3-15(21)22/h4,7,10-11,13H,2-3,5-6,8-9H2,1H3,(H,21,22). The summed E-state index contributed by atoms with van der Waals surface area (Å²) in [5.74, 6) is -0.380. The monoisotopic (exact) mass is 315 g/mol. The number of nitrogens with zero attached hydrogens (tertiary/aromatic N) is 3. The molecule has 122 valence electrons. The number of rotatable bonds is 4. The van der Waals surface area contributed by atoms with E-state index in [-0.39, 0.29) is 12.3 Å². The van der Waals surface area contributed by atoms with Crippen LogP contribution >= 0.6 is 0 Å². The van der Waals surface area contributed by atoms with E-state index in [1.54, 1.807) is 6.33 Å². The molecular weight excluding hydrogens is 294 g/mol. The zero-order chi connectivity index (χ0) is 16.4. The molecule has 0 saturated carbocycles. The van der Waals surface area contributed by atoms with Gasteiger partial charge in [0.1, 0.15) is 6.33 Å². The van der Waals surface area contributed by atoms with Crippen LogP contribution < -0.4 is 0 Å². The van der Waals surface area contributed by atoms with Gasteiger partial charge in [-0.05, 0) is 49.8 Å². The molecule has 0 spiro atoms. The van der Waals surface area contributed by atoms with E-state index in [1.807, 2.05) is 34.6 Å². The number of amides is 1. The number of carbonyl (C=O) groups is 2. The molecule has 1 N–H and O–H groups in total. The van der Waals surface area contributed by atoms with Gasteiger partial charge in [-0.25, -0.2) is 4.98 Å². The van der Waals surface area contributed by atoms with Crippen molar-refractivity contribution >= 4 is 17.4 Å². The number of carboxylic acids is 1. The number of aromatic nitrogens is 2. The Morgan fingerprint density at radius 2 is 2.09 bits per heavy atom. The number of carboxylic acid groups (broad SMARTS) is 1. The molecule has 0 aromatic carbocycles. The van der Waals surface area contributed by atoms with Crippen molar-refractivity contribution in [2.24, 2.45) is 5.92 Å². The predicted molar refractivity (Wildman–Crippen MR) is 85.4 cm³/mol. The summed E-state index contributed by atoms with van der Waals surface area (Å²) in [4.78, 5) is 29.5. The summed E-state index contributed by atoms with van der Waals surface area (Å²) in [7, 11) is 0. The van der Waals surface area contributed by atoms with Crippen molar-refractivity contribution in [3.05, 3.63) is 35.9 Å². The minimum atomic E-state index is -0.747. The first kappa shape index (κ1) is 15.5. The number of imidazole rings is 1. The van der Waals surface area contributed by atoms with Gasteiger partial charge in [-0.3, -0.25) is 9.59 Å². The topological polar surface area (TPSA) is 74.9 Å². The molecule has 0 aliphatic carbocycles. The largest absolute Gasteiger partial charge is 0.481 e. The smallest absolute Gasteiger partial charge is 0.303 e. The highest BCUT2D eigenvalue weighted by Gasteiger charge is 2.26. The van der Waals surface area contributed by atoms with Gasteiger partial charge in [-0.15, -0.1) is 0 Å². The maximum Gasteiger partial charge on any atom is 0.303 e. The van der Waals surface area contributed by atoms with Crippen LogP contribution in [0.2, 0.25) is 0 Å². The van der Waals surface area contributed by atoms with Crippen molar-refractivity contribution in [1.82, 2.24) is 14.3 Å². The Hall–Kier alpha value is -2.37. The Bertz CT molecular complexity index is 730. The number of aliphatic carboxylic acids is 1. The summed E-state index contributed by atoms with van der Waals surface area (Å²) in [5, 5.41) is 8.76. The van der Waals surface area contributed by atoms with Crippen LogP contribution in [-0.4, -0.2) is 44.4 Å². The van der Waals surface area contributed by atoms with Gasteiger partial charge in [0, 0.05) is 25.7 Å². The van der Waals surface area contributed by atoms with Crippen LogP contribution in [-0.2, 0) is 4.79 Å². The Morgan fingerprint density at radius 1 is 1.35 bits per heavy atom. The van der Waals surface area contributed by atoms with Gasteiger partial charge in [-0.1, -0.05) is 0 Å². The second-order valence-electron chi connectivity index (χ2n) is 6.26. The lowest BCUT2D eigenvalue weighted by Gasteiger charge is -2.31. The first-order chi connectivity index (χ1) is 11.0. The normalized spacial score (nSPS) is 16.0. The van der Waals surface area contributed by atoms with E-state index in [9.17, 15) is 9.59 Å². The van der Waals surface area contributed by atoms with Crippen molar-refractivity contribution in [2.45, 2.75) is 32.6 Å². The third kappa shape index (κ3) is 3.36. The summed E-state index contributed by atoms with van der Waals surface area (Å²) in [5.41, 5.74) is 2.43. The van der Waals surface area contributed by atoms with E-state index in [4.69, 9.17) is 5.11 Å². The molecule has 0 bridgehead atoms. The maximum atomic E-state index is 12.7. The fraction of sp³-hybridized carbons (Fsp3) is 0.471. The van der Waals surface area contributed by atoms with Crippen molar-refractivity contribution in [1.29, 1.82) is 0 Å². The zero-order valence-corrected chi connectivity index (χ0v) is 13.2. The summed E-state index contributed by atoms with van der Waals surface area (Å²) >= 11 is 0. The minimum absolute atomic E-state index is 0.0326. The van der Waals surface area contributed by atoms with Crippen LogP contribution in [0.4, 0.5) is 0 Å². The average molecular weight is 315 g/mol. The third-order valence-electron chi connectivity index (χ3n) is 4.57. The van der Waals surface area contributed by atoms with Gasteiger partial charge in [0.15, 0.2) is 5.69 Å². The predicted octanol–water partition coefficient (Wildman–Crippen LogP) is 2.36. The second kappa shape index (κ2) is 6.40. The highest BCUT2D eigenvalue weighted by atomic mass is 16.4. The van der Waals surface area contributed by atoms with Gasteiger partial charge in [0.2, 0.25) is 0 Å². The number of likely N-dealkylation sites (tertiary alicyclic amines) is 1. The molecule has 23 heavy (non-hydrogen) atoms. The lowest BCUT2D eigenvalue weighted by atomic mass is 9.92. The van der Waals surface area contributed by atoms with E-state index in [1.165, 1.54) is 0 Å². The van der Waals surface area contributed by atoms with Crippen LogP contribution in [0.1, 0.15) is 41.7 Å². The highest BCUT2D eigenvalue weighted by molar-refractivity contribution is 5.99. The molecule has 6 nitrogen and oxygen atoms in total. The second-order valence-corrected chi connectivity index (χ2v) is 6.26. The van der Waals surface area contributed by atoms with Crippen molar-refractivity contribution in [3.63, 3.8) is 0 Å². The van der Waals surface area contributed by atoms with E-state index >= 15 is 0 Å². The maximum absolute atomic E-state index is 12.7. The molecule has 3 rings (SSSR count). The highest BCUT2D eigenvalue weighted by Crippen LogP contribution is 2.24. The van der Waals surface area contributed by atoms with Crippen LogP contribution in [0.15, 0.2) is 24.7 Å². The minimum Gasteiger partial charge on any atom is -0.481 e. The summed E-state index contributed by atoms with van der Waals surface area (Å²) in [6.07, 6.45) is 6.22. The lowest BCUT2D eigenvalue weighted by Crippen LogP contribution is -2.38. The number of piperidine rings is 1. The molecule has 1 saturated heterocycles. The fourth-order valence-electron chi connectivity index (χ4n) is 3.16. The molecule has 2 aromatic heterocycles. The van der Waals surface area contributed by atoms with Gasteiger partial charge < -0.3 is 14.4 Å². The molecule has 3 heterocycles. The Labute approximate surface area is 134 Å². The Balaban J connectivity index is 1.67. The van der Waals surface area contributed by atoms with Crippen LogP contribution in [0, 0.1) is 12.8 Å². The van der Waals surface area contributed by atoms with Crippen LogP contribution in [0.25, 0.3) is 5.52 Å². The van der Waals surface area contributed by atoms with E-state index in [2.05, 4.69) is 4.98 Å². The lowest BCUT2D eigenvalue weighted by molar-refractivity contribution is -0.137. The number of hydrogen-bond acceptors (Lipinski definition) is 3. The van der Waals surface area contributed by atoms with E-state index < -0.39 is 5.97 Å². The molecule has 0 radical (unpaired) electrons. The molecule has 2 aromatic rings. The third-order valence-corrected chi connectivity index (χ3v) is 4.57. The zero-order valence-electron chi connectivity index (χ0n) is 13.2. The molecule has 1 fully saturated rings. The molecule has 1 aliphatic heterocycles. The molecule has 0 atom stereocenters. The summed E-state index contributed by atoms with van der Waals surface area (Å²) in [6, 6.07) is 3.96. The van der Waals surface area contributed by atoms with Gasteiger partial charge in [0.25, 0.3) is 5.91 Å². The fourth-order valence-corrected chi connectivity index (χ4v) is 3.16. The molecule has 0 unspecified atom stereocenters. The van der Waals surface area contributed by atoms with Gasteiger partial charge in [0.05, 0.1) is 5.52 Å². The van der Waals surface area contributed by atoms with Crippen molar-refractivity contribution in [3.8, 4) is 0 Å². The van der Waals surface area contributed by atoms with Crippen LogP contribution in [0.3, 0.4) is 0 Å². The van der Waals surface area contributed by atoms with E-state index in [0.29, 0.717) is 31.1 Å². The Kier molecular flexibility index (Phi) is 4.32. The van der Waals surface area contributed by atoms with Crippen molar-refractivity contribution in [2.75, 3.05) is 13.1 Å². The molecular formula is C17H21N3O3.